The maximum Gasteiger partial charge on any atom is 0.328 e. The second-order valence-corrected chi connectivity index (χ2v) is 3.83. The zero-order chi connectivity index (χ0) is 11.5. The summed E-state index contributed by atoms with van der Waals surface area (Å²) in [6, 6.07) is 1.27. The average Bonchev–Trinajstić information content (AvgIpc) is 2.67. The van der Waals surface area contributed by atoms with Gasteiger partial charge in [0.2, 0.25) is 0 Å². The van der Waals surface area contributed by atoms with Crippen molar-refractivity contribution < 1.29 is 5.21 Å². The quantitative estimate of drug-likeness (QED) is 0.482. The standard InChI is InChI=1S/C10H13N3O3/c14-9-3-4-13(10(15)12-9)8-2-1-7(5-8)6-11-16/h1-4,7-8,11,16H,5-6H2,(H,12,14,15)/t7-,8+/m1/s1. The van der Waals surface area contributed by atoms with E-state index in [4.69, 9.17) is 5.21 Å². The summed E-state index contributed by atoms with van der Waals surface area (Å²) < 4.78 is 1.48. The van der Waals surface area contributed by atoms with Gasteiger partial charge in [-0.25, -0.2) is 10.3 Å². The van der Waals surface area contributed by atoms with Crippen molar-refractivity contribution >= 4 is 0 Å². The van der Waals surface area contributed by atoms with Gasteiger partial charge in [-0.2, -0.15) is 0 Å². The summed E-state index contributed by atoms with van der Waals surface area (Å²) in [7, 11) is 0. The molecule has 16 heavy (non-hydrogen) atoms. The summed E-state index contributed by atoms with van der Waals surface area (Å²) in [6.07, 6.45) is 6.08. The number of aromatic amines is 1. The normalized spacial score (nSPS) is 23.8. The maximum absolute atomic E-state index is 11.5. The van der Waals surface area contributed by atoms with E-state index in [9.17, 15) is 9.59 Å². The van der Waals surface area contributed by atoms with Gasteiger partial charge in [-0.3, -0.25) is 14.3 Å². The molecule has 1 aliphatic carbocycles. The van der Waals surface area contributed by atoms with Crippen LogP contribution in [0.3, 0.4) is 0 Å². The maximum atomic E-state index is 11.5. The first kappa shape index (κ1) is 10.8. The molecular formula is C10H13N3O3. The fourth-order valence-corrected chi connectivity index (χ4v) is 1.92. The van der Waals surface area contributed by atoms with Gasteiger partial charge in [0.25, 0.3) is 5.56 Å². The molecule has 0 aliphatic heterocycles. The zero-order valence-electron chi connectivity index (χ0n) is 8.59. The predicted molar refractivity (Wildman–Crippen MR) is 57.4 cm³/mol. The predicted octanol–water partition coefficient (Wildman–Crippen LogP) is -0.367. The number of allylic oxidation sites excluding steroid dienone is 1. The van der Waals surface area contributed by atoms with Gasteiger partial charge in [-0.1, -0.05) is 12.2 Å². The first-order chi connectivity index (χ1) is 7.70. The molecule has 0 radical (unpaired) electrons. The largest absolute Gasteiger partial charge is 0.328 e. The van der Waals surface area contributed by atoms with Crippen molar-refractivity contribution in [3.8, 4) is 0 Å². The van der Waals surface area contributed by atoms with Crippen LogP contribution in [0.1, 0.15) is 12.5 Å². The van der Waals surface area contributed by atoms with Crippen LogP contribution in [-0.2, 0) is 0 Å². The summed E-state index contributed by atoms with van der Waals surface area (Å²) in [6.45, 7) is 0.463. The van der Waals surface area contributed by atoms with Crippen LogP contribution in [0.25, 0.3) is 0 Å². The lowest BCUT2D eigenvalue weighted by atomic mass is 10.1. The fourth-order valence-electron chi connectivity index (χ4n) is 1.92. The highest BCUT2D eigenvalue weighted by Gasteiger charge is 2.20. The first-order valence-corrected chi connectivity index (χ1v) is 5.07. The number of rotatable bonds is 3. The van der Waals surface area contributed by atoms with Crippen LogP contribution in [0.15, 0.2) is 34.0 Å². The van der Waals surface area contributed by atoms with Crippen molar-refractivity contribution in [2.24, 2.45) is 5.92 Å². The van der Waals surface area contributed by atoms with Crippen molar-refractivity contribution in [2.75, 3.05) is 6.54 Å². The Kier molecular flexibility index (Phi) is 3.02. The summed E-state index contributed by atoms with van der Waals surface area (Å²) in [5.41, 5.74) is 1.31. The van der Waals surface area contributed by atoms with Gasteiger partial charge in [0, 0.05) is 18.8 Å². The number of hydrogen-bond donors (Lipinski definition) is 3. The number of nitrogens with one attached hydrogen (secondary N) is 2. The third-order valence-electron chi connectivity index (χ3n) is 2.71. The zero-order valence-corrected chi connectivity index (χ0v) is 8.59. The molecule has 0 amide bonds. The van der Waals surface area contributed by atoms with Gasteiger partial charge in [0.15, 0.2) is 0 Å². The van der Waals surface area contributed by atoms with Crippen LogP contribution in [0.5, 0.6) is 0 Å². The van der Waals surface area contributed by atoms with Gasteiger partial charge >= 0.3 is 5.69 Å². The Morgan fingerprint density at radius 2 is 2.31 bits per heavy atom. The highest BCUT2D eigenvalue weighted by Crippen LogP contribution is 2.25. The van der Waals surface area contributed by atoms with Crippen molar-refractivity contribution in [3.63, 3.8) is 0 Å². The number of hydrogen-bond acceptors (Lipinski definition) is 4. The van der Waals surface area contributed by atoms with Crippen LogP contribution in [0.2, 0.25) is 0 Å². The van der Waals surface area contributed by atoms with Crippen LogP contribution < -0.4 is 16.7 Å². The van der Waals surface area contributed by atoms with E-state index >= 15 is 0 Å². The Morgan fingerprint density at radius 3 is 3.00 bits per heavy atom. The number of aromatic nitrogens is 2. The Morgan fingerprint density at radius 1 is 1.50 bits per heavy atom. The second kappa shape index (κ2) is 4.46. The molecule has 0 spiro atoms. The van der Waals surface area contributed by atoms with Gasteiger partial charge in [-0.05, 0) is 12.3 Å². The highest BCUT2D eigenvalue weighted by atomic mass is 16.5. The Balaban J connectivity index is 2.19. The smallest absolute Gasteiger partial charge is 0.317 e. The second-order valence-electron chi connectivity index (χ2n) is 3.83. The number of hydroxylamine groups is 1. The number of H-pyrrole nitrogens is 1. The molecule has 1 aromatic rings. The molecule has 0 aromatic carbocycles. The van der Waals surface area contributed by atoms with Crippen LogP contribution in [0, 0.1) is 5.92 Å². The molecule has 6 nitrogen and oxygen atoms in total. The van der Waals surface area contributed by atoms with E-state index < -0.39 is 11.2 Å². The Labute approximate surface area is 91.2 Å². The van der Waals surface area contributed by atoms with Crippen molar-refractivity contribution in [3.05, 3.63) is 45.3 Å². The Bertz CT molecular complexity index is 503. The highest BCUT2D eigenvalue weighted by molar-refractivity contribution is 5.06. The molecule has 2 rings (SSSR count). The minimum atomic E-state index is -0.403. The lowest BCUT2D eigenvalue weighted by Gasteiger charge is -2.13. The topological polar surface area (TPSA) is 87.1 Å². The van der Waals surface area contributed by atoms with E-state index in [1.807, 2.05) is 12.2 Å². The van der Waals surface area contributed by atoms with E-state index in [0.29, 0.717) is 6.54 Å². The molecule has 0 saturated heterocycles. The van der Waals surface area contributed by atoms with E-state index in [2.05, 4.69) is 10.5 Å². The molecule has 1 aromatic heterocycles. The van der Waals surface area contributed by atoms with Gasteiger partial charge in [0.1, 0.15) is 0 Å². The SMILES string of the molecule is O=c1ccn([C@H]2C=C[C@@H](CNO)C2)c(=O)[nH]1. The summed E-state index contributed by atoms with van der Waals surface area (Å²) in [5.74, 6) is 0.203. The lowest BCUT2D eigenvalue weighted by molar-refractivity contribution is 0.154. The van der Waals surface area contributed by atoms with Crippen LogP contribution >= 0.6 is 0 Å². The average molecular weight is 223 g/mol. The molecule has 1 aliphatic rings. The molecule has 2 atom stereocenters. The molecule has 0 saturated carbocycles. The minimum Gasteiger partial charge on any atom is -0.317 e. The molecule has 3 N–H and O–H groups in total. The van der Waals surface area contributed by atoms with E-state index in [0.717, 1.165) is 6.42 Å². The van der Waals surface area contributed by atoms with Crippen LogP contribution in [-0.4, -0.2) is 21.3 Å². The molecule has 0 unspecified atom stereocenters. The van der Waals surface area contributed by atoms with Gasteiger partial charge < -0.3 is 5.21 Å². The summed E-state index contributed by atoms with van der Waals surface area (Å²) in [5, 5.41) is 8.57. The van der Waals surface area contributed by atoms with E-state index in [1.165, 1.54) is 16.8 Å². The molecule has 86 valence electrons. The van der Waals surface area contributed by atoms with Gasteiger partial charge in [-0.15, -0.1) is 0 Å². The molecule has 1 heterocycles. The van der Waals surface area contributed by atoms with Crippen molar-refractivity contribution in [1.29, 1.82) is 0 Å². The fraction of sp³-hybridized carbons (Fsp3) is 0.400. The molecule has 0 bridgehead atoms. The van der Waals surface area contributed by atoms with Crippen molar-refractivity contribution in [1.82, 2.24) is 15.0 Å². The minimum absolute atomic E-state index is 0.0531. The molecular weight excluding hydrogens is 210 g/mol. The third kappa shape index (κ3) is 2.12. The Hall–Kier alpha value is -1.66. The lowest BCUT2D eigenvalue weighted by Crippen LogP contribution is -2.31. The first-order valence-electron chi connectivity index (χ1n) is 5.07. The monoisotopic (exact) mass is 223 g/mol. The van der Waals surface area contributed by atoms with Gasteiger partial charge in [0.05, 0.1) is 6.04 Å². The molecule has 0 fully saturated rings. The summed E-state index contributed by atoms with van der Waals surface area (Å²) >= 11 is 0. The molecule has 6 heteroatoms. The van der Waals surface area contributed by atoms with Crippen molar-refractivity contribution in [2.45, 2.75) is 12.5 Å². The van der Waals surface area contributed by atoms with E-state index in [1.54, 1.807) is 0 Å². The van der Waals surface area contributed by atoms with Crippen LogP contribution in [0.4, 0.5) is 0 Å². The number of nitrogens with zero attached hydrogens (tertiary/aromatic N) is 1. The third-order valence-corrected chi connectivity index (χ3v) is 2.71. The summed E-state index contributed by atoms with van der Waals surface area (Å²) in [4.78, 5) is 24.6. The van der Waals surface area contributed by atoms with E-state index in [-0.39, 0.29) is 12.0 Å².